The van der Waals surface area contributed by atoms with Crippen molar-refractivity contribution in [3.8, 4) is 0 Å². The Morgan fingerprint density at radius 2 is 2.00 bits per heavy atom. The molecule has 1 rings (SSSR count). The van der Waals surface area contributed by atoms with E-state index in [-0.39, 0.29) is 17.5 Å². The van der Waals surface area contributed by atoms with Gasteiger partial charge in [0.1, 0.15) is 5.60 Å². The quantitative estimate of drug-likeness (QED) is 0.637. The Morgan fingerprint density at radius 1 is 1.36 bits per heavy atom. The molecule has 0 aromatic heterocycles. The first kappa shape index (κ1) is 11.5. The highest BCUT2D eigenvalue weighted by molar-refractivity contribution is 5.73. The average Bonchev–Trinajstić information content (AvgIpc) is 2.48. The van der Waals surface area contributed by atoms with E-state index < -0.39 is 0 Å². The summed E-state index contributed by atoms with van der Waals surface area (Å²) in [6.45, 7) is 7.98. The van der Waals surface area contributed by atoms with Gasteiger partial charge in [-0.05, 0) is 46.0 Å². The molecule has 0 heterocycles. The van der Waals surface area contributed by atoms with E-state index in [0.29, 0.717) is 0 Å². The number of ether oxygens (including phenoxy) is 1. The van der Waals surface area contributed by atoms with Gasteiger partial charge >= 0.3 is 5.97 Å². The van der Waals surface area contributed by atoms with Crippen LogP contribution in [0.15, 0.2) is 0 Å². The molecule has 0 amide bonds. The summed E-state index contributed by atoms with van der Waals surface area (Å²) in [5.74, 6) is 0.917. The molecule has 0 N–H and O–H groups in total. The molecule has 0 aliphatic heterocycles. The molecule has 0 bridgehead atoms. The van der Waals surface area contributed by atoms with E-state index in [0.717, 1.165) is 18.8 Å². The van der Waals surface area contributed by atoms with E-state index in [1.807, 2.05) is 20.8 Å². The van der Waals surface area contributed by atoms with E-state index in [4.69, 9.17) is 4.74 Å². The molecule has 1 aliphatic rings. The maximum absolute atomic E-state index is 11.7. The van der Waals surface area contributed by atoms with E-state index in [1.165, 1.54) is 12.8 Å². The van der Waals surface area contributed by atoms with Crippen molar-refractivity contribution in [3.63, 3.8) is 0 Å². The number of esters is 1. The summed E-state index contributed by atoms with van der Waals surface area (Å²) in [5, 5.41) is 0. The molecule has 1 aliphatic carbocycles. The highest BCUT2D eigenvalue weighted by Gasteiger charge is 2.31. The first-order valence-corrected chi connectivity index (χ1v) is 5.65. The van der Waals surface area contributed by atoms with Crippen LogP contribution >= 0.6 is 0 Å². The van der Waals surface area contributed by atoms with Gasteiger partial charge in [0.2, 0.25) is 0 Å². The van der Waals surface area contributed by atoms with Gasteiger partial charge in [-0.1, -0.05) is 13.3 Å². The van der Waals surface area contributed by atoms with E-state index >= 15 is 0 Å². The van der Waals surface area contributed by atoms with E-state index in [9.17, 15) is 4.79 Å². The number of carbonyl (C=O) groups is 1. The first-order valence-electron chi connectivity index (χ1n) is 5.65. The van der Waals surface area contributed by atoms with Gasteiger partial charge in [-0.3, -0.25) is 4.79 Å². The lowest BCUT2D eigenvalue weighted by Crippen LogP contribution is -2.27. The lowest BCUT2D eigenvalue weighted by atomic mass is 10.0. The van der Waals surface area contributed by atoms with Gasteiger partial charge in [0.15, 0.2) is 0 Å². The molecule has 0 aromatic carbocycles. The Bertz CT molecular complexity index is 203. The van der Waals surface area contributed by atoms with Crippen molar-refractivity contribution in [3.05, 3.63) is 0 Å². The van der Waals surface area contributed by atoms with Crippen LogP contribution in [0.25, 0.3) is 0 Å². The first-order chi connectivity index (χ1) is 6.42. The predicted molar refractivity (Wildman–Crippen MR) is 57.0 cm³/mol. The molecule has 1 fully saturated rings. The Kier molecular flexibility index (Phi) is 3.57. The van der Waals surface area contributed by atoms with Crippen LogP contribution in [0, 0.1) is 11.8 Å². The molecule has 0 aromatic rings. The molecule has 2 atom stereocenters. The Balaban J connectivity index is 2.40. The highest BCUT2D eigenvalue weighted by Crippen LogP contribution is 2.34. The summed E-state index contributed by atoms with van der Waals surface area (Å²) >= 11 is 0. The molecule has 14 heavy (non-hydrogen) atoms. The summed E-state index contributed by atoms with van der Waals surface area (Å²) in [6, 6.07) is 0. The fourth-order valence-electron chi connectivity index (χ4n) is 2.04. The maximum atomic E-state index is 11.7. The van der Waals surface area contributed by atoms with Gasteiger partial charge in [-0.15, -0.1) is 0 Å². The molecule has 2 unspecified atom stereocenters. The van der Waals surface area contributed by atoms with E-state index in [1.54, 1.807) is 0 Å². The van der Waals surface area contributed by atoms with Crippen molar-refractivity contribution < 1.29 is 9.53 Å². The Hall–Kier alpha value is -0.530. The fourth-order valence-corrected chi connectivity index (χ4v) is 2.04. The van der Waals surface area contributed by atoms with Gasteiger partial charge in [-0.2, -0.15) is 0 Å². The summed E-state index contributed by atoms with van der Waals surface area (Å²) in [6.07, 6.45) is 4.44. The molecule has 0 spiro atoms. The zero-order valence-corrected chi connectivity index (χ0v) is 9.80. The van der Waals surface area contributed by atoms with Crippen LogP contribution in [-0.4, -0.2) is 11.6 Å². The number of hydrogen-bond donors (Lipinski definition) is 0. The van der Waals surface area contributed by atoms with Crippen LogP contribution in [-0.2, 0) is 9.53 Å². The molecule has 1 saturated carbocycles. The van der Waals surface area contributed by atoms with Crippen LogP contribution < -0.4 is 0 Å². The number of hydrogen-bond acceptors (Lipinski definition) is 2. The molecule has 0 radical (unpaired) electrons. The third-order valence-corrected chi connectivity index (χ3v) is 2.86. The second-order valence-corrected chi connectivity index (χ2v) is 5.32. The smallest absolute Gasteiger partial charge is 0.309 e. The summed E-state index contributed by atoms with van der Waals surface area (Å²) in [4.78, 5) is 11.7. The van der Waals surface area contributed by atoms with Gasteiger partial charge in [-0.25, -0.2) is 0 Å². The van der Waals surface area contributed by atoms with Crippen LogP contribution in [0.2, 0.25) is 0 Å². The van der Waals surface area contributed by atoms with Crippen LogP contribution in [0.3, 0.4) is 0 Å². The zero-order chi connectivity index (χ0) is 10.8. The van der Waals surface area contributed by atoms with Crippen molar-refractivity contribution in [2.45, 2.75) is 59.0 Å². The largest absolute Gasteiger partial charge is 0.460 e. The fraction of sp³-hybridized carbons (Fsp3) is 0.917. The van der Waals surface area contributed by atoms with Gasteiger partial charge < -0.3 is 4.74 Å². The van der Waals surface area contributed by atoms with Crippen molar-refractivity contribution in [1.29, 1.82) is 0 Å². The van der Waals surface area contributed by atoms with Gasteiger partial charge in [0.05, 0.1) is 5.92 Å². The minimum atomic E-state index is -0.332. The normalized spacial score (nSPS) is 27.7. The van der Waals surface area contributed by atoms with Crippen LogP contribution in [0.4, 0.5) is 0 Å². The van der Waals surface area contributed by atoms with Crippen molar-refractivity contribution >= 4 is 5.97 Å². The average molecular weight is 198 g/mol. The zero-order valence-electron chi connectivity index (χ0n) is 9.80. The Morgan fingerprint density at radius 3 is 2.43 bits per heavy atom. The number of carbonyl (C=O) groups excluding carboxylic acids is 1. The van der Waals surface area contributed by atoms with E-state index in [2.05, 4.69) is 6.92 Å². The number of rotatable bonds is 2. The molecular weight excluding hydrogens is 176 g/mol. The summed E-state index contributed by atoms with van der Waals surface area (Å²) in [5.41, 5.74) is -0.332. The standard InChI is InChI=1S/C12H22O2/c1-5-9-6-7-10(8-9)11(13)14-12(2,3)4/h9-10H,5-8H2,1-4H3. The van der Waals surface area contributed by atoms with Crippen LogP contribution in [0.1, 0.15) is 53.4 Å². The summed E-state index contributed by atoms with van der Waals surface area (Å²) in [7, 11) is 0. The third-order valence-electron chi connectivity index (χ3n) is 2.86. The lowest BCUT2D eigenvalue weighted by molar-refractivity contribution is -0.159. The monoisotopic (exact) mass is 198 g/mol. The summed E-state index contributed by atoms with van der Waals surface area (Å²) < 4.78 is 5.38. The Labute approximate surface area is 87.0 Å². The topological polar surface area (TPSA) is 26.3 Å². The minimum Gasteiger partial charge on any atom is -0.460 e. The highest BCUT2D eigenvalue weighted by atomic mass is 16.6. The van der Waals surface area contributed by atoms with Crippen molar-refractivity contribution in [2.24, 2.45) is 11.8 Å². The molecule has 2 heteroatoms. The predicted octanol–water partition coefficient (Wildman–Crippen LogP) is 3.15. The molecule has 2 nitrogen and oxygen atoms in total. The SMILES string of the molecule is CCC1CCC(C(=O)OC(C)(C)C)C1. The second-order valence-electron chi connectivity index (χ2n) is 5.32. The lowest BCUT2D eigenvalue weighted by Gasteiger charge is -2.22. The third kappa shape index (κ3) is 3.32. The van der Waals surface area contributed by atoms with Gasteiger partial charge in [0.25, 0.3) is 0 Å². The van der Waals surface area contributed by atoms with Crippen molar-refractivity contribution in [1.82, 2.24) is 0 Å². The van der Waals surface area contributed by atoms with Gasteiger partial charge in [0, 0.05) is 0 Å². The van der Waals surface area contributed by atoms with Crippen LogP contribution in [0.5, 0.6) is 0 Å². The molecular formula is C12H22O2. The molecule has 82 valence electrons. The minimum absolute atomic E-state index is 0.00782. The van der Waals surface area contributed by atoms with Crippen molar-refractivity contribution in [2.75, 3.05) is 0 Å². The molecule has 0 saturated heterocycles. The maximum Gasteiger partial charge on any atom is 0.309 e. The second kappa shape index (κ2) is 4.33.